The third-order valence-corrected chi connectivity index (χ3v) is 5.57. The van der Waals surface area contributed by atoms with E-state index < -0.39 is 5.60 Å². The van der Waals surface area contributed by atoms with E-state index in [1.165, 1.54) is 9.75 Å². The molecule has 1 aromatic rings. The first-order chi connectivity index (χ1) is 11.9. The Morgan fingerprint density at radius 1 is 1.36 bits per heavy atom. The highest BCUT2D eigenvalue weighted by molar-refractivity contribution is 7.11. The molecule has 6 nitrogen and oxygen atoms in total. The van der Waals surface area contributed by atoms with Crippen molar-refractivity contribution < 1.29 is 9.53 Å². The topological polar surface area (TPSA) is 57.2 Å². The molecule has 0 saturated carbocycles. The van der Waals surface area contributed by atoms with Crippen molar-refractivity contribution in [2.75, 3.05) is 26.2 Å². The van der Waals surface area contributed by atoms with Crippen LogP contribution in [-0.4, -0.2) is 59.7 Å². The van der Waals surface area contributed by atoms with Crippen molar-refractivity contribution >= 4 is 23.4 Å². The monoisotopic (exact) mass is 364 g/mol. The van der Waals surface area contributed by atoms with Crippen LogP contribution in [-0.2, 0) is 17.7 Å². The molecule has 3 heterocycles. The van der Waals surface area contributed by atoms with Crippen molar-refractivity contribution in [3.63, 3.8) is 0 Å². The normalized spacial score (nSPS) is 20.3. The van der Waals surface area contributed by atoms with Gasteiger partial charge in [0.2, 0.25) is 0 Å². The van der Waals surface area contributed by atoms with E-state index in [0.717, 1.165) is 32.0 Å². The second kappa shape index (κ2) is 7.23. The Labute approximate surface area is 153 Å². The van der Waals surface area contributed by atoms with Crippen LogP contribution in [0.15, 0.2) is 17.1 Å². The Morgan fingerprint density at radius 2 is 2.12 bits per heavy atom. The molecule has 1 unspecified atom stereocenters. The lowest BCUT2D eigenvalue weighted by Gasteiger charge is -2.39. The first-order valence-corrected chi connectivity index (χ1v) is 9.78. The van der Waals surface area contributed by atoms with Gasteiger partial charge >= 0.3 is 6.09 Å². The fourth-order valence-electron chi connectivity index (χ4n) is 3.10. The van der Waals surface area contributed by atoms with Gasteiger partial charge in [-0.1, -0.05) is 6.92 Å². The minimum atomic E-state index is -0.453. The van der Waals surface area contributed by atoms with E-state index in [9.17, 15) is 4.79 Å². The van der Waals surface area contributed by atoms with Gasteiger partial charge in [-0.2, -0.15) is 0 Å². The van der Waals surface area contributed by atoms with Crippen LogP contribution < -0.4 is 5.32 Å². The molecule has 0 aliphatic carbocycles. The summed E-state index contributed by atoms with van der Waals surface area (Å²) >= 11 is 1.85. The zero-order valence-corrected chi connectivity index (χ0v) is 16.4. The van der Waals surface area contributed by atoms with E-state index in [2.05, 4.69) is 34.3 Å². The molecular weight excluding hydrogens is 336 g/mol. The summed E-state index contributed by atoms with van der Waals surface area (Å²) in [4.78, 5) is 23.7. The summed E-state index contributed by atoms with van der Waals surface area (Å²) in [6.07, 6.45) is 0.861. The number of hydrogen-bond acceptors (Lipinski definition) is 6. The number of amides is 1. The third kappa shape index (κ3) is 4.45. The highest BCUT2D eigenvalue weighted by atomic mass is 32.1. The Balaban J connectivity index is 1.51. The summed E-state index contributed by atoms with van der Waals surface area (Å²) in [6, 6.07) is 4.63. The summed E-state index contributed by atoms with van der Waals surface area (Å²) in [7, 11) is 0. The molecule has 0 bridgehead atoms. The smallest absolute Gasteiger partial charge is 0.410 e. The van der Waals surface area contributed by atoms with Crippen LogP contribution in [0.1, 0.15) is 37.4 Å². The number of thiophene rings is 1. The first-order valence-electron chi connectivity index (χ1n) is 8.96. The van der Waals surface area contributed by atoms with Gasteiger partial charge in [0.1, 0.15) is 5.60 Å². The fraction of sp³-hybridized carbons (Fsp3) is 0.667. The number of hydrogen-bond donors (Lipinski definition) is 1. The molecule has 2 aliphatic rings. The van der Waals surface area contributed by atoms with Crippen molar-refractivity contribution in [3.8, 4) is 0 Å². The van der Waals surface area contributed by atoms with E-state index in [1.54, 1.807) is 4.90 Å². The lowest BCUT2D eigenvalue weighted by atomic mass is 10.2. The molecule has 1 amide bonds. The Hall–Kier alpha value is -1.76. The van der Waals surface area contributed by atoms with Crippen molar-refractivity contribution in [1.29, 1.82) is 0 Å². The zero-order chi connectivity index (χ0) is 18.0. The third-order valence-electron chi connectivity index (χ3n) is 4.34. The summed E-state index contributed by atoms with van der Waals surface area (Å²) < 4.78 is 5.49. The maximum absolute atomic E-state index is 12.3. The van der Waals surface area contributed by atoms with Gasteiger partial charge in [-0.3, -0.25) is 4.99 Å². The van der Waals surface area contributed by atoms with E-state index >= 15 is 0 Å². The molecule has 1 fully saturated rings. The van der Waals surface area contributed by atoms with Gasteiger partial charge in [0.25, 0.3) is 0 Å². The predicted molar refractivity (Wildman–Crippen MR) is 101 cm³/mol. The van der Waals surface area contributed by atoms with Crippen LogP contribution in [0.2, 0.25) is 0 Å². The number of rotatable bonds is 3. The Bertz CT molecular complexity index is 650. The number of ether oxygens (including phenoxy) is 1. The molecule has 1 saturated heterocycles. The number of nitrogens with zero attached hydrogens (tertiary/aromatic N) is 3. The highest BCUT2D eigenvalue weighted by Crippen LogP contribution is 2.20. The van der Waals surface area contributed by atoms with Gasteiger partial charge < -0.3 is 19.9 Å². The van der Waals surface area contributed by atoms with Gasteiger partial charge in [-0.05, 0) is 39.3 Å². The van der Waals surface area contributed by atoms with Crippen molar-refractivity contribution in [2.24, 2.45) is 4.99 Å². The molecule has 0 spiro atoms. The number of fused-ring (bicyclic) bond motifs is 1. The van der Waals surface area contributed by atoms with Crippen molar-refractivity contribution in [1.82, 2.24) is 15.1 Å². The molecule has 1 N–H and O–H groups in total. The quantitative estimate of drug-likeness (QED) is 0.896. The molecule has 25 heavy (non-hydrogen) atoms. The number of carbonyl (C=O) groups excluding carboxylic acids is 1. The van der Waals surface area contributed by atoms with E-state index in [4.69, 9.17) is 4.74 Å². The summed E-state index contributed by atoms with van der Waals surface area (Å²) in [5, 5.41) is 3.47. The number of nitrogens with one attached hydrogen (secondary N) is 1. The molecule has 138 valence electrons. The second-order valence-electron chi connectivity index (χ2n) is 7.51. The van der Waals surface area contributed by atoms with Gasteiger partial charge in [0, 0.05) is 29.4 Å². The Morgan fingerprint density at radius 3 is 2.80 bits per heavy atom. The van der Waals surface area contributed by atoms with Gasteiger partial charge in [0.05, 0.1) is 19.1 Å². The van der Waals surface area contributed by atoms with Crippen LogP contribution >= 0.6 is 11.3 Å². The average molecular weight is 365 g/mol. The molecule has 1 aromatic heterocycles. The molecule has 1 atom stereocenters. The van der Waals surface area contributed by atoms with Crippen LogP contribution in [0.25, 0.3) is 0 Å². The van der Waals surface area contributed by atoms with E-state index in [0.29, 0.717) is 13.1 Å². The van der Waals surface area contributed by atoms with E-state index in [1.807, 2.05) is 32.1 Å². The maximum atomic E-state index is 12.3. The number of guanidine groups is 1. The van der Waals surface area contributed by atoms with Crippen LogP contribution in [0, 0.1) is 0 Å². The van der Waals surface area contributed by atoms with Gasteiger partial charge in [-0.25, -0.2) is 4.79 Å². The molecular formula is C18H28N4O2S. The highest BCUT2D eigenvalue weighted by Gasteiger charge is 2.36. The molecule has 7 heteroatoms. The minimum Gasteiger partial charge on any atom is -0.444 e. The molecule has 3 rings (SSSR count). The molecule has 0 aromatic carbocycles. The molecule has 2 aliphatic heterocycles. The van der Waals surface area contributed by atoms with Crippen LogP contribution in [0.3, 0.4) is 0 Å². The number of piperazine rings is 1. The maximum Gasteiger partial charge on any atom is 0.410 e. The summed E-state index contributed by atoms with van der Waals surface area (Å²) in [5.74, 6) is 0.959. The number of carbonyl (C=O) groups is 1. The largest absolute Gasteiger partial charge is 0.444 e. The SMILES string of the molecule is CCc1ccc(CNC2=NCC3CN(C(=O)OC(C)(C)C)CCN23)s1. The second-order valence-corrected chi connectivity index (χ2v) is 8.77. The standard InChI is InChI=1S/C18H28N4O2S/c1-5-14-6-7-15(25-14)11-20-16-19-10-13-12-21(8-9-22(13)16)17(23)24-18(2,3)4/h6-7,13H,5,8-12H2,1-4H3,(H,19,20). The summed E-state index contributed by atoms with van der Waals surface area (Å²) in [5.41, 5.74) is -0.453. The lowest BCUT2D eigenvalue weighted by molar-refractivity contribution is 0.0137. The van der Waals surface area contributed by atoms with Gasteiger partial charge in [-0.15, -0.1) is 11.3 Å². The fourth-order valence-corrected chi connectivity index (χ4v) is 3.99. The first kappa shape index (κ1) is 18.0. The van der Waals surface area contributed by atoms with Crippen LogP contribution in [0.5, 0.6) is 0 Å². The zero-order valence-electron chi connectivity index (χ0n) is 15.5. The van der Waals surface area contributed by atoms with Crippen molar-refractivity contribution in [2.45, 2.75) is 52.3 Å². The Kier molecular flexibility index (Phi) is 5.22. The van der Waals surface area contributed by atoms with Crippen molar-refractivity contribution in [3.05, 3.63) is 21.9 Å². The van der Waals surface area contributed by atoms with E-state index in [-0.39, 0.29) is 12.1 Å². The van der Waals surface area contributed by atoms with Crippen LogP contribution in [0.4, 0.5) is 4.79 Å². The summed E-state index contributed by atoms with van der Waals surface area (Å²) in [6.45, 7) is 11.5. The predicted octanol–water partition coefficient (Wildman–Crippen LogP) is 2.69. The number of aryl methyl sites for hydroxylation is 1. The molecule has 0 radical (unpaired) electrons. The number of aliphatic imine (C=N–C) groups is 1. The average Bonchev–Trinajstić information content (AvgIpc) is 3.17. The minimum absolute atomic E-state index is 0.223. The van der Waals surface area contributed by atoms with Gasteiger partial charge in [0.15, 0.2) is 5.96 Å². The lowest BCUT2D eigenvalue weighted by Crippen LogP contribution is -2.57.